The van der Waals surface area contributed by atoms with Crippen molar-refractivity contribution < 1.29 is 4.84 Å². The molecule has 1 saturated heterocycles. The van der Waals surface area contributed by atoms with E-state index in [0.717, 1.165) is 5.56 Å². The van der Waals surface area contributed by atoms with Gasteiger partial charge in [0, 0.05) is 23.9 Å². The summed E-state index contributed by atoms with van der Waals surface area (Å²) in [5, 5.41) is 3.31. The SMILES string of the molecule is C[C@H](N)C1NC(c2ccnc(C3CC3)c2)NO1. The van der Waals surface area contributed by atoms with Crippen molar-refractivity contribution in [2.24, 2.45) is 5.73 Å². The van der Waals surface area contributed by atoms with Crippen molar-refractivity contribution in [1.82, 2.24) is 15.8 Å². The van der Waals surface area contributed by atoms with Crippen molar-refractivity contribution in [2.75, 3.05) is 0 Å². The molecule has 0 aromatic carbocycles. The zero-order valence-electron chi connectivity index (χ0n) is 9.89. The van der Waals surface area contributed by atoms with E-state index in [2.05, 4.69) is 21.8 Å². The highest BCUT2D eigenvalue weighted by atomic mass is 16.7. The summed E-state index contributed by atoms with van der Waals surface area (Å²) in [6.45, 7) is 1.92. The molecule has 2 unspecified atom stereocenters. The third kappa shape index (κ3) is 2.32. The van der Waals surface area contributed by atoms with E-state index < -0.39 is 0 Å². The smallest absolute Gasteiger partial charge is 0.146 e. The summed E-state index contributed by atoms with van der Waals surface area (Å²) in [7, 11) is 0. The highest BCUT2D eigenvalue weighted by Crippen LogP contribution is 2.39. The Balaban J connectivity index is 1.73. The first-order valence-electron chi connectivity index (χ1n) is 6.12. The molecule has 1 aliphatic heterocycles. The van der Waals surface area contributed by atoms with Crippen molar-refractivity contribution in [1.29, 1.82) is 0 Å². The van der Waals surface area contributed by atoms with Gasteiger partial charge in [0.05, 0.1) is 0 Å². The third-order valence-electron chi connectivity index (χ3n) is 3.26. The average Bonchev–Trinajstić information content (AvgIpc) is 3.06. The number of rotatable bonds is 3. The standard InChI is InChI=1S/C12H18N4O/c1-7(13)12-15-11(16-17-12)9-4-5-14-10(6-9)8-2-3-8/h4-8,11-12,15-16H,2-3,13H2,1H3/t7-,11?,12?/m0/s1. The molecule has 2 heterocycles. The fourth-order valence-corrected chi connectivity index (χ4v) is 2.04. The molecule has 0 radical (unpaired) electrons. The molecule has 17 heavy (non-hydrogen) atoms. The zero-order valence-corrected chi connectivity index (χ0v) is 9.89. The van der Waals surface area contributed by atoms with Gasteiger partial charge in [-0.15, -0.1) is 0 Å². The molecule has 4 N–H and O–H groups in total. The van der Waals surface area contributed by atoms with Crippen LogP contribution in [0.2, 0.25) is 0 Å². The van der Waals surface area contributed by atoms with Gasteiger partial charge in [0.2, 0.25) is 0 Å². The zero-order chi connectivity index (χ0) is 11.8. The van der Waals surface area contributed by atoms with Crippen molar-refractivity contribution in [3.05, 3.63) is 29.6 Å². The highest BCUT2D eigenvalue weighted by molar-refractivity contribution is 5.24. The molecule has 3 atom stereocenters. The highest BCUT2D eigenvalue weighted by Gasteiger charge is 2.30. The topological polar surface area (TPSA) is 72.2 Å². The monoisotopic (exact) mass is 234 g/mol. The molecule has 5 heteroatoms. The van der Waals surface area contributed by atoms with Crippen LogP contribution in [0.1, 0.15) is 43.1 Å². The quantitative estimate of drug-likeness (QED) is 0.720. The Kier molecular flexibility index (Phi) is 2.84. The van der Waals surface area contributed by atoms with Crippen molar-refractivity contribution in [3.8, 4) is 0 Å². The van der Waals surface area contributed by atoms with Gasteiger partial charge in [0.15, 0.2) is 0 Å². The van der Waals surface area contributed by atoms with E-state index in [1.165, 1.54) is 18.5 Å². The van der Waals surface area contributed by atoms with Crippen LogP contribution < -0.4 is 16.5 Å². The fourth-order valence-electron chi connectivity index (χ4n) is 2.04. The van der Waals surface area contributed by atoms with Gasteiger partial charge in [-0.2, -0.15) is 5.48 Å². The van der Waals surface area contributed by atoms with E-state index in [4.69, 9.17) is 10.6 Å². The van der Waals surface area contributed by atoms with Crippen LogP contribution in [0.15, 0.2) is 18.3 Å². The molecule has 3 rings (SSSR count). The predicted octanol–water partition coefficient (Wildman–Crippen LogP) is 0.755. The second kappa shape index (κ2) is 4.34. The van der Waals surface area contributed by atoms with Crippen molar-refractivity contribution in [3.63, 3.8) is 0 Å². The van der Waals surface area contributed by atoms with Crippen molar-refractivity contribution >= 4 is 0 Å². The van der Waals surface area contributed by atoms with Crippen LogP contribution >= 0.6 is 0 Å². The van der Waals surface area contributed by atoms with E-state index in [9.17, 15) is 0 Å². The van der Waals surface area contributed by atoms with Gasteiger partial charge < -0.3 is 5.73 Å². The Morgan fingerprint density at radius 1 is 1.53 bits per heavy atom. The summed E-state index contributed by atoms with van der Waals surface area (Å²) >= 11 is 0. The largest absolute Gasteiger partial charge is 0.325 e. The summed E-state index contributed by atoms with van der Waals surface area (Å²) < 4.78 is 0. The number of nitrogens with two attached hydrogens (primary N) is 1. The number of nitrogens with zero attached hydrogens (tertiary/aromatic N) is 1. The van der Waals surface area contributed by atoms with E-state index in [-0.39, 0.29) is 18.4 Å². The Bertz CT molecular complexity index is 405. The first-order valence-corrected chi connectivity index (χ1v) is 6.12. The minimum absolute atomic E-state index is 0.00602. The number of nitrogens with one attached hydrogen (secondary N) is 2. The summed E-state index contributed by atoms with van der Waals surface area (Å²) in [6.07, 6.45) is 4.26. The van der Waals surface area contributed by atoms with Gasteiger partial charge in [0.25, 0.3) is 0 Å². The molecule has 1 saturated carbocycles. The van der Waals surface area contributed by atoms with Gasteiger partial charge in [-0.25, -0.2) is 0 Å². The molecule has 2 aliphatic rings. The molecular weight excluding hydrogens is 216 g/mol. The molecular formula is C12H18N4O. The Hall–Kier alpha value is -1.01. The first-order chi connectivity index (χ1) is 8.24. The second-order valence-corrected chi connectivity index (χ2v) is 4.90. The number of aromatic nitrogens is 1. The molecule has 0 spiro atoms. The molecule has 1 aliphatic carbocycles. The van der Waals surface area contributed by atoms with Gasteiger partial charge in [0.1, 0.15) is 12.4 Å². The minimum Gasteiger partial charge on any atom is -0.325 e. The number of hydroxylamine groups is 1. The molecule has 5 nitrogen and oxygen atoms in total. The maximum Gasteiger partial charge on any atom is 0.146 e. The van der Waals surface area contributed by atoms with Crippen LogP contribution in [0.3, 0.4) is 0 Å². The minimum atomic E-state index is -0.141. The van der Waals surface area contributed by atoms with Crippen LogP contribution in [0.25, 0.3) is 0 Å². The van der Waals surface area contributed by atoms with Gasteiger partial charge >= 0.3 is 0 Å². The molecule has 1 aromatic rings. The summed E-state index contributed by atoms with van der Waals surface area (Å²) in [5.41, 5.74) is 11.1. The summed E-state index contributed by atoms with van der Waals surface area (Å²) in [6, 6.07) is 4.11. The molecule has 2 fully saturated rings. The van der Waals surface area contributed by atoms with Gasteiger partial charge in [-0.3, -0.25) is 15.1 Å². The molecule has 92 valence electrons. The van der Waals surface area contributed by atoms with E-state index in [1.54, 1.807) is 0 Å². The predicted molar refractivity (Wildman–Crippen MR) is 63.7 cm³/mol. The molecule has 0 bridgehead atoms. The average molecular weight is 234 g/mol. The Morgan fingerprint density at radius 2 is 2.35 bits per heavy atom. The molecule has 1 aromatic heterocycles. The van der Waals surface area contributed by atoms with Crippen LogP contribution in [-0.4, -0.2) is 17.3 Å². The van der Waals surface area contributed by atoms with Crippen LogP contribution in [0.4, 0.5) is 0 Å². The van der Waals surface area contributed by atoms with E-state index in [1.807, 2.05) is 19.2 Å². The number of pyridine rings is 1. The summed E-state index contributed by atoms with van der Waals surface area (Å²) in [5.74, 6) is 0.668. The third-order valence-corrected chi connectivity index (χ3v) is 3.26. The maximum absolute atomic E-state index is 5.79. The maximum atomic E-state index is 5.79. The van der Waals surface area contributed by atoms with Crippen LogP contribution in [-0.2, 0) is 4.84 Å². The van der Waals surface area contributed by atoms with Crippen molar-refractivity contribution in [2.45, 2.75) is 44.1 Å². The van der Waals surface area contributed by atoms with E-state index in [0.29, 0.717) is 5.92 Å². The lowest BCUT2D eigenvalue weighted by atomic mass is 10.1. The number of hydrogen-bond donors (Lipinski definition) is 3. The normalized spacial score (nSPS) is 30.5. The molecule has 0 amide bonds. The lowest BCUT2D eigenvalue weighted by molar-refractivity contribution is 0.0116. The second-order valence-electron chi connectivity index (χ2n) is 4.90. The Labute approximate surface area is 101 Å². The van der Waals surface area contributed by atoms with Crippen LogP contribution in [0.5, 0.6) is 0 Å². The first kappa shape index (κ1) is 11.1. The van der Waals surface area contributed by atoms with Crippen LogP contribution in [0, 0.1) is 0 Å². The van der Waals surface area contributed by atoms with E-state index >= 15 is 0 Å². The number of hydrogen-bond acceptors (Lipinski definition) is 5. The lowest BCUT2D eigenvalue weighted by Gasteiger charge is -2.13. The Morgan fingerprint density at radius 3 is 3.00 bits per heavy atom. The van der Waals surface area contributed by atoms with Gasteiger partial charge in [-0.05, 0) is 37.5 Å². The lowest BCUT2D eigenvalue weighted by Crippen LogP contribution is -2.40. The fraction of sp³-hybridized carbons (Fsp3) is 0.583. The summed E-state index contributed by atoms with van der Waals surface area (Å²) in [4.78, 5) is 9.80. The van der Waals surface area contributed by atoms with Gasteiger partial charge in [-0.1, -0.05) is 0 Å².